The van der Waals surface area contributed by atoms with E-state index in [0.29, 0.717) is 12.3 Å². The monoisotopic (exact) mass is 329 g/mol. The quantitative estimate of drug-likeness (QED) is 0.641. The number of likely N-dealkylation sites (N-methyl/N-ethyl adjacent to an activating group) is 1. The molecule has 0 spiro atoms. The number of phenolic OH excluding ortho intramolecular Hbond substituents is 1. The minimum absolute atomic E-state index is 0.00745. The maximum absolute atomic E-state index is 12.4. The fourth-order valence-electron chi connectivity index (χ4n) is 3.15. The summed E-state index contributed by atoms with van der Waals surface area (Å²) in [6.45, 7) is 0. The van der Waals surface area contributed by atoms with Crippen LogP contribution in [0.3, 0.4) is 0 Å². The van der Waals surface area contributed by atoms with Gasteiger partial charge in [-0.25, -0.2) is 0 Å². The number of nitrogens with zero attached hydrogens (tertiary/aromatic N) is 2. The molecular formula is C18H23N3O3. The van der Waals surface area contributed by atoms with E-state index in [9.17, 15) is 14.7 Å². The van der Waals surface area contributed by atoms with E-state index in [0.717, 1.165) is 30.6 Å². The van der Waals surface area contributed by atoms with Crippen LogP contribution in [-0.4, -0.2) is 34.9 Å². The molecule has 0 saturated heterocycles. The van der Waals surface area contributed by atoms with Gasteiger partial charge in [-0.3, -0.25) is 14.5 Å². The van der Waals surface area contributed by atoms with Gasteiger partial charge < -0.3 is 10.4 Å². The highest BCUT2D eigenvalue weighted by Gasteiger charge is 2.28. The van der Waals surface area contributed by atoms with Crippen LogP contribution in [-0.2, 0) is 4.79 Å². The van der Waals surface area contributed by atoms with Crippen LogP contribution in [0.5, 0.6) is 5.75 Å². The van der Waals surface area contributed by atoms with E-state index in [1.165, 1.54) is 25.6 Å². The molecule has 1 aliphatic rings. The highest BCUT2D eigenvalue weighted by Crippen LogP contribution is 2.27. The Hall–Kier alpha value is -2.55. The Bertz CT molecular complexity index is 633. The molecule has 128 valence electrons. The van der Waals surface area contributed by atoms with Crippen molar-refractivity contribution in [3.05, 3.63) is 29.8 Å². The number of aromatic hydroxyl groups is 1. The van der Waals surface area contributed by atoms with Crippen molar-refractivity contribution < 1.29 is 14.7 Å². The molecule has 2 rings (SSSR count). The molecule has 1 saturated carbocycles. The molecule has 0 bridgehead atoms. The average molecular weight is 329 g/mol. The Morgan fingerprint density at radius 3 is 2.71 bits per heavy atom. The van der Waals surface area contributed by atoms with Gasteiger partial charge in [0.2, 0.25) is 0 Å². The van der Waals surface area contributed by atoms with Crippen molar-refractivity contribution >= 4 is 11.8 Å². The standard InChI is InChI=1S/C18H23N3O3/c1-21(12-19)18(24)16(10-13-6-3-2-4-7-13)20-17(23)14-8-5-9-15(22)11-14/h5,8-9,11,13,16,22H,2-4,6-7,10H2,1H3,(H,20,23). The van der Waals surface area contributed by atoms with Crippen molar-refractivity contribution in [3.8, 4) is 11.9 Å². The van der Waals surface area contributed by atoms with Crippen molar-refractivity contribution in [3.63, 3.8) is 0 Å². The van der Waals surface area contributed by atoms with Gasteiger partial charge in [0, 0.05) is 12.6 Å². The van der Waals surface area contributed by atoms with Gasteiger partial charge in [-0.2, -0.15) is 5.26 Å². The highest BCUT2D eigenvalue weighted by atomic mass is 16.3. The molecule has 2 N–H and O–H groups in total. The largest absolute Gasteiger partial charge is 0.508 e. The SMILES string of the molecule is CN(C#N)C(=O)C(CC1CCCCC1)NC(=O)c1cccc(O)c1. The lowest BCUT2D eigenvalue weighted by atomic mass is 9.84. The van der Waals surface area contributed by atoms with Gasteiger partial charge >= 0.3 is 0 Å². The second kappa shape index (κ2) is 8.34. The molecule has 6 nitrogen and oxygen atoms in total. The van der Waals surface area contributed by atoms with E-state index in [1.54, 1.807) is 18.3 Å². The van der Waals surface area contributed by atoms with Gasteiger partial charge in [-0.1, -0.05) is 38.2 Å². The number of amides is 2. The van der Waals surface area contributed by atoms with E-state index in [2.05, 4.69) is 5.32 Å². The van der Waals surface area contributed by atoms with Gasteiger partial charge in [0.25, 0.3) is 11.8 Å². The third kappa shape index (κ3) is 4.72. The first-order valence-electron chi connectivity index (χ1n) is 8.28. The topological polar surface area (TPSA) is 93.4 Å². The van der Waals surface area contributed by atoms with Crippen LogP contribution in [0, 0.1) is 17.4 Å². The van der Waals surface area contributed by atoms with Gasteiger partial charge in [0.05, 0.1) is 0 Å². The highest BCUT2D eigenvalue weighted by molar-refractivity contribution is 5.98. The third-order valence-electron chi connectivity index (χ3n) is 4.49. The maximum atomic E-state index is 12.4. The number of phenols is 1. The Balaban J connectivity index is 2.10. The molecule has 1 aromatic rings. The van der Waals surface area contributed by atoms with E-state index < -0.39 is 17.9 Å². The Kier molecular flexibility index (Phi) is 6.19. The molecule has 6 heteroatoms. The second-order valence-corrected chi connectivity index (χ2v) is 6.31. The first-order valence-corrected chi connectivity index (χ1v) is 8.28. The number of carbonyl (C=O) groups is 2. The van der Waals surface area contributed by atoms with Crippen molar-refractivity contribution in [2.24, 2.45) is 5.92 Å². The molecule has 2 amide bonds. The van der Waals surface area contributed by atoms with E-state index >= 15 is 0 Å². The molecule has 24 heavy (non-hydrogen) atoms. The van der Waals surface area contributed by atoms with Crippen LogP contribution in [0.25, 0.3) is 0 Å². The van der Waals surface area contributed by atoms with Crippen molar-refractivity contribution in [1.82, 2.24) is 10.2 Å². The number of rotatable bonds is 5. The lowest BCUT2D eigenvalue weighted by Gasteiger charge is -2.27. The lowest BCUT2D eigenvalue weighted by Crippen LogP contribution is -2.47. The van der Waals surface area contributed by atoms with Crippen LogP contribution in [0.2, 0.25) is 0 Å². The molecule has 1 fully saturated rings. The average Bonchev–Trinajstić information content (AvgIpc) is 2.60. The molecule has 1 atom stereocenters. The van der Waals surface area contributed by atoms with Crippen LogP contribution >= 0.6 is 0 Å². The van der Waals surface area contributed by atoms with E-state index in [4.69, 9.17) is 5.26 Å². The fourth-order valence-corrected chi connectivity index (χ4v) is 3.15. The molecule has 0 aliphatic heterocycles. The summed E-state index contributed by atoms with van der Waals surface area (Å²) in [6.07, 6.45) is 7.91. The zero-order chi connectivity index (χ0) is 17.5. The molecule has 0 radical (unpaired) electrons. The summed E-state index contributed by atoms with van der Waals surface area (Å²) >= 11 is 0. The molecule has 0 heterocycles. The van der Waals surface area contributed by atoms with Gasteiger partial charge in [-0.05, 0) is 30.5 Å². The zero-order valence-electron chi connectivity index (χ0n) is 13.9. The second-order valence-electron chi connectivity index (χ2n) is 6.31. The predicted octanol–water partition coefficient (Wildman–Crippen LogP) is 2.40. The summed E-state index contributed by atoms with van der Waals surface area (Å²) < 4.78 is 0. The first kappa shape index (κ1) is 17.8. The smallest absolute Gasteiger partial charge is 0.257 e. The van der Waals surface area contributed by atoms with Crippen molar-refractivity contribution in [2.75, 3.05) is 7.05 Å². The number of benzene rings is 1. The number of carbonyl (C=O) groups excluding carboxylic acids is 2. The predicted molar refractivity (Wildman–Crippen MR) is 88.9 cm³/mol. The van der Waals surface area contributed by atoms with E-state index in [1.807, 2.05) is 0 Å². The molecular weight excluding hydrogens is 306 g/mol. The molecule has 1 aliphatic carbocycles. The van der Waals surface area contributed by atoms with Gasteiger partial charge in [-0.15, -0.1) is 0 Å². The van der Waals surface area contributed by atoms with Crippen molar-refractivity contribution in [2.45, 2.75) is 44.6 Å². The van der Waals surface area contributed by atoms with Crippen molar-refractivity contribution in [1.29, 1.82) is 5.26 Å². The van der Waals surface area contributed by atoms with E-state index in [-0.39, 0.29) is 11.3 Å². The number of hydrogen-bond donors (Lipinski definition) is 2. The minimum Gasteiger partial charge on any atom is -0.508 e. The number of nitrogens with one attached hydrogen (secondary N) is 1. The van der Waals surface area contributed by atoms with Crippen LogP contribution in [0.4, 0.5) is 0 Å². The molecule has 1 unspecified atom stereocenters. The third-order valence-corrected chi connectivity index (χ3v) is 4.49. The van der Waals surface area contributed by atoms with Gasteiger partial charge in [0.1, 0.15) is 11.8 Å². The summed E-state index contributed by atoms with van der Waals surface area (Å²) in [7, 11) is 1.40. The van der Waals surface area contributed by atoms with Crippen LogP contribution < -0.4 is 5.32 Å². The maximum Gasteiger partial charge on any atom is 0.257 e. The first-order chi connectivity index (χ1) is 11.5. The number of hydrogen-bond acceptors (Lipinski definition) is 4. The molecule has 1 aromatic carbocycles. The summed E-state index contributed by atoms with van der Waals surface area (Å²) in [6, 6.07) is 5.25. The normalized spacial score (nSPS) is 16.0. The zero-order valence-corrected chi connectivity index (χ0v) is 13.9. The Morgan fingerprint density at radius 1 is 1.38 bits per heavy atom. The molecule has 0 aromatic heterocycles. The summed E-state index contributed by atoms with van der Waals surface area (Å²) in [5, 5.41) is 21.2. The Morgan fingerprint density at radius 2 is 2.08 bits per heavy atom. The summed E-state index contributed by atoms with van der Waals surface area (Å²) in [5.74, 6) is -0.459. The van der Waals surface area contributed by atoms with Crippen LogP contribution in [0.15, 0.2) is 24.3 Å². The summed E-state index contributed by atoms with van der Waals surface area (Å²) in [4.78, 5) is 25.8. The number of nitriles is 1. The Labute approximate surface area is 142 Å². The minimum atomic E-state index is -0.729. The fraction of sp³-hybridized carbons (Fsp3) is 0.500. The summed E-state index contributed by atoms with van der Waals surface area (Å²) in [5.41, 5.74) is 0.288. The van der Waals surface area contributed by atoms with Crippen LogP contribution in [0.1, 0.15) is 48.9 Å². The van der Waals surface area contributed by atoms with Gasteiger partial charge in [0.15, 0.2) is 6.19 Å². The lowest BCUT2D eigenvalue weighted by molar-refractivity contribution is -0.129.